The standard InChI is InChI=1S/C51H79NO13/c1-30-16-12-11-13-17-31(2)42(61-8)28-38-21-19-36(7)51(60,65-38)48(57)49(58)52-23-15-14-18-39(52)50(59)64-43(33(4)26-37-20-22-40(53)44(27-37)62-9)29-41(54)32(3)25-35(6)46(56)47(63-10)45(55)34(5)24-30/h11-13,16-17,25,30,32-34,36-40,42-44,46-47,53,56,60H,14-15,18-24,26-29H2,1-10H3/t30-,32-,33?,34+,36-,37?,38+,39+,40-,42+,43+,44-,46-,47+,51-/m1/s1. The molecule has 0 aromatic rings. The summed E-state index contributed by atoms with van der Waals surface area (Å²) in [6, 6.07) is -1.14. The van der Waals surface area contributed by atoms with E-state index < -0.39 is 83.9 Å². The molecule has 3 heterocycles. The van der Waals surface area contributed by atoms with Gasteiger partial charge in [0, 0.05) is 58.5 Å². The van der Waals surface area contributed by atoms with Gasteiger partial charge in [0.2, 0.25) is 5.79 Å². The number of amides is 1. The van der Waals surface area contributed by atoms with Crippen LogP contribution in [-0.2, 0) is 47.7 Å². The molecule has 1 saturated carbocycles. The van der Waals surface area contributed by atoms with Gasteiger partial charge >= 0.3 is 5.97 Å². The molecule has 0 aromatic carbocycles. The molecule has 3 N–H and O–H groups in total. The molecule has 15 atom stereocenters. The first kappa shape index (κ1) is 54.2. The molecular formula is C51H79NO13. The lowest BCUT2D eigenvalue weighted by Gasteiger charge is -2.42. The highest BCUT2D eigenvalue weighted by Gasteiger charge is 2.53. The van der Waals surface area contributed by atoms with Gasteiger partial charge in [-0.05, 0) is 107 Å². The number of methoxy groups -OCH3 is 3. The SMILES string of the molecule is CO[C@H]1C[C@@H]2CC[C@@H](C)[C@@](O)(O2)C(=O)C(=O)N2CCCC[C@H]2C(=O)O[C@H](C(C)CC2CC[C@@H](O)[C@H](OC)C2)CC(=O)[C@H](C)C=C(C)[C@@H](O)[C@@H](OC)C(=O)[C@@H](C)C[C@H](C)C=CC=CC=C1C. The van der Waals surface area contributed by atoms with Crippen molar-refractivity contribution in [2.75, 3.05) is 27.9 Å². The Kier molecular flexibility index (Phi) is 21.0. The highest BCUT2D eigenvalue weighted by atomic mass is 16.6. The number of nitrogens with zero attached hydrogens (tertiary/aromatic N) is 1. The molecule has 2 saturated heterocycles. The summed E-state index contributed by atoms with van der Waals surface area (Å²) in [5.74, 6) is -7.96. The number of ether oxygens (including phenoxy) is 5. The maximum atomic E-state index is 14.4. The molecule has 0 spiro atoms. The summed E-state index contributed by atoms with van der Waals surface area (Å²) in [6.07, 6.45) is 11.2. The minimum Gasteiger partial charge on any atom is -0.460 e. The van der Waals surface area contributed by atoms with Crippen LogP contribution >= 0.6 is 0 Å². The van der Waals surface area contributed by atoms with Gasteiger partial charge in [-0.3, -0.25) is 19.2 Å². The average Bonchev–Trinajstić information content (AvgIpc) is 3.28. The number of hydrogen-bond acceptors (Lipinski definition) is 13. The van der Waals surface area contributed by atoms with Crippen LogP contribution in [0.5, 0.6) is 0 Å². The van der Waals surface area contributed by atoms with Crippen LogP contribution in [0.25, 0.3) is 0 Å². The van der Waals surface area contributed by atoms with E-state index >= 15 is 0 Å². The number of ketones is 3. The lowest BCUT2D eigenvalue weighted by molar-refractivity contribution is -0.265. The van der Waals surface area contributed by atoms with Gasteiger partial charge < -0.3 is 43.9 Å². The Hall–Kier alpha value is -3.37. The Morgan fingerprint density at radius 2 is 1.57 bits per heavy atom. The molecule has 0 radical (unpaired) electrons. The van der Waals surface area contributed by atoms with E-state index in [4.69, 9.17) is 23.7 Å². The number of carbonyl (C=O) groups excluding carboxylic acids is 5. The highest BCUT2D eigenvalue weighted by Crippen LogP contribution is 2.38. The van der Waals surface area contributed by atoms with Crippen LogP contribution in [0, 0.1) is 35.5 Å². The largest absolute Gasteiger partial charge is 0.460 e. The van der Waals surface area contributed by atoms with Crippen LogP contribution in [-0.4, -0.2) is 132 Å². The van der Waals surface area contributed by atoms with E-state index in [2.05, 4.69) is 0 Å². The number of allylic oxidation sites excluding steroid dienone is 6. The molecule has 0 aromatic heterocycles. The first-order chi connectivity index (χ1) is 30.7. The van der Waals surface area contributed by atoms with E-state index in [0.29, 0.717) is 63.4 Å². The second-order valence-electron chi connectivity index (χ2n) is 19.6. The lowest BCUT2D eigenvalue weighted by atomic mass is 9.78. The first-order valence-corrected chi connectivity index (χ1v) is 23.9. The van der Waals surface area contributed by atoms with Crippen molar-refractivity contribution >= 4 is 29.2 Å². The van der Waals surface area contributed by atoms with E-state index in [1.165, 1.54) is 12.0 Å². The second-order valence-corrected chi connectivity index (χ2v) is 19.6. The zero-order valence-corrected chi connectivity index (χ0v) is 40.6. The third-order valence-corrected chi connectivity index (χ3v) is 14.5. The molecular weight excluding hydrogens is 835 g/mol. The summed E-state index contributed by atoms with van der Waals surface area (Å²) < 4.78 is 29.4. The molecule has 1 amide bonds. The molecule has 3 fully saturated rings. The van der Waals surface area contributed by atoms with Gasteiger partial charge in [-0.25, -0.2) is 4.79 Å². The van der Waals surface area contributed by atoms with E-state index in [0.717, 1.165) is 12.0 Å². The molecule has 4 rings (SSSR count). The van der Waals surface area contributed by atoms with Gasteiger partial charge in [-0.15, -0.1) is 0 Å². The summed E-state index contributed by atoms with van der Waals surface area (Å²) in [5, 5.41) is 33.8. The number of cyclic esters (lactones) is 1. The fourth-order valence-corrected chi connectivity index (χ4v) is 10.1. The molecule has 4 aliphatic rings. The summed E-state index contributed by atoms with van der Waals surface area (Å²) in [5.41, 5.74) is 1.27. The minimum atomic E-state index is -2.43. The topological polar surface area (TPSA) is 195 Å². The number of aliphatic hydroxyl groups is 3. The van der Waals surface area contributed by atoms with Crippen molar-refractivity contribution in [3.8, 4) is 0 Å². The van der Waals surface area contributed by atoms with Crippen molar-refractivity contribution in [2.24, 2.45) is 35.5 Å². The number of aliphatic hydroxyl groups excluding tert-OH is 2. The second kappa shape index (κ2) is 25.1. The maximum Gasteiger partial charge on any atom is 0.329 e. The molecule has 65 heavy (non-hydrogen) atoms. The summed E-state index contributed by atoms with van der Waals surface area (Å²) in [7, 11) is 4.52. The maximum absolute atomic E-state index is 14.4. The van der Waals surface area contributed by atoms with Crippen molar-refractivity contribution in [1.29, 1.82) is 0 Å². The van der Waals surface area contributed by atoms with E-state index in [1.807, 2.05) is 58.1 Å². The summed E-state index contributed by atoms with van der Waals surface area (Å²) in [4.78, 5) is 71.8. The van der Waals surface area contributed by atoms with Crippen molar-refractivity contribution in [3.05, 3.63) is 47.6 Å². The number of Topliss-reactive ketones (excluding diaryl/α,β-unsaturated/α-hetero) is 3. The Bertz CT molecular complexity index is 1760. The highest BCUT2D eigenvalue weighted by molar-refractivity contribution is 6.39. The molecule has 366 valence electrons. The molecule has 2 bridgehead atoms. The average molecular weight is 914 g/mol. The van der Waals surface area contributed by atoms with Crippen molar-refractivity contribution in [3.63, 3.8) is 0 Å². The van der Waals surface area contributed by atoms with E-state index in [-0.39, 0.29) is 54.8 Å². The summed E-state index contributed by atoms with van der Waals surface area (Å²) in [6.45, 7) is 12.7. The van der Waals surface area contributed by atoms with Gasteiger partial charge in [0.1, 0.15) is 30.1 Å². The fourth-order valence-electron chi connectivity index (χ4n) is 10.1. The van der Waals surface area contributed by atoms with Gasteiger partial charge in [-0.1, -0.05) is 71.1 Å². The Labute approximate surface area is 387 Å². The Morgan fingerprint density at radius 3 is 2.25 bits per heavy atom. The van der Waals surface area contributed by atoms with Crippen molar-refractivity contribution < 1.29 is 63.0 Å². The van der Waals surface area contributed by atoms with Crippen LogP contribution in [0.4, 0.5) is 0 Å². The number of rotatable bonds is 6. The van der Waals surface area contributed by atoms with Crippen LogP contribution in [0.1, 0.15) is 126 Å². The van der Waals surface area contributed by atoms with Crippen LogP contribution in [0.2, 0.25) is 0 Å². The van der Waals surface area contributed by atoms with Crippen molar-refractivity contribution in [2.45, 2.75) is 180 Å². The van der Waals surface area contributed by atoms with Crippen LogP contribution in [0.3, 0.4) is 0 Å². The quantitative estimate of drug-likeness (QED) is 0.156. The predicted octanol–water partition coefficient (Wildman–Crippen LogP) is 6.18. The monoisotopic (exact) mass is 914 g/mol. The smallest absolute Gasteiger partial charge is 0.329 e. The molecule has 14 nitrogen and oxygen atoms in total. The molecule has 3 aliphatic heterocycles. The van der Waals surface area contributed by atoms with Gasteiger partial charge in [-0.2, -0.15) is 0 Å². The normalized spacial score (nSPS) is 37.8. The van der Waals surface area contributed by atoms with E-state index in [9.17, 15) is 39.3 Å². The number of fused-ring (bicyclic) bond motifs is 3. The van der Waals surface area contributed by atoms with Crippen molar-refractivity contribution in [1.82, 2.24) is 4.90 Å². The third kappa shape index (κ3) is 14.3. The van der Waals surface area contributed by atoms with Gasteiger partial charge in [0.25, 0.3) is 11.7 Å². The number of esters is 1. The van der Waals surface area contributed by atoms with Crippen LogP contribution in [0.15, 0.2) is 47.6 Å². The third-order valence-electron chi connectivity index (χ3n) is 14.5. The lowest BCUT2D eigenvalue weighted by Crippen LogP contribution is -2.61. The molecule has 2 unspecified atom stereocenters. The minimum absolute atomic E-state index is 0.0193. The predicted molar refractivity (Wildman–Crippen MR) is 245 cm³/mol. The van der Waals surface area contributed by atoms with E-state index in [1.54, 1.807) is 41.1 Å². The number of piperidine rings is 1. The number of carbonyl (C=O) groups is 5. The Morgan fingerprint density at radius 1 is 0.846 bits per heavy atom. The Balaban J connectivity index is 1.70. The summed E-state index contributed by atoms with van der Waals surface area (Å²) >= 11 is 0. The van der Waals surface area contributed by atoms with Gasteiger partial charge in [0.15, 0.2) is 5.78 Å². The van der Waals surface area contributed by atoms with Gasteiger partial charge in [0.05, 0.1) is 24.4 Å². The molecule has 1 aliphatic carbocycles. The van der Waals surface area contributed by atoms with Crippen LogP contribution < -0.4 is 0 Å². The molecule has 14 heteroatoms. The first-order valence-electron chi connectivity index (χ1n) is 23.9. The zero-order valence-electron chi connectivity index (χ0n) is 40.6. The zero-order chi connectivity index (χ0) is 48.2. The number of hydrogen-bond donors (Lipinski definition) is 3. The fraction of sp³-hybridized carbons (Fsp3) is 0.745.